The quantitative estimate of drug-likeness (QED) is 0.585. The van der Waals surface area contributed by atoms with E-state index in [4.69, 9.17) is 0 Å². The Kier molecular flexibility index (Phi) is 5.38. The van der Waals surface area contributed by atoms with Gasteiger partial charge in [0.15, 0.2) is 0 Å². The number of nitrogens with zero attached hydrogens (tertiary/aromatic N) is 3. The van der Waals surface area contributed by atoms with E-state index >= 15 is 0 Å². The lowest BCUT2D eigenvalue weighted by Gasteiger charge is -2.23. The molecule has 1 heterocycles. The van der Waals surface area contributed by atoms with Gasteiger partial charge in [-0.25, -0.2) is 17.2 Å². The van der Waals surface area contributed by atoms with Gasteiger partial charge in [0, 0.05) is 38.3 Å². The maximum atomic E-state index is 13.6. The highest BCUT2D eigenvalue weighted by Gasteiger charge is 2.29. The van der Waals surface area contributed by atoms with Crippen LogP contribution in [-0.4, -0.2) is 43.8 Å². The van der Waals surface area contributed by atoms with Gasteiger partial charge in [0.1, 0.15) is 17.3 Å². The number of anilines is 1. The van der Waals surface area contributed by atoms with Gasteiger partial charge in [-0.1, -0.05) is 0 Å². The Balaban J connectivity index is 1.83. The zero-order valence-corrected chi connectivity index (χ0v) is 15.0. The predicted molar refractivity (Wildman–Crippen MR) is 95.0 cm³/mol. The first-order chi connectivity index (χ1) is 12.8. The van der Waals surface area contributed by atoms with Crippen molar-refractivity contribution in [2.24, 2.45) is 0 Å². The van der Waals surface area contributed by atoms with Crippen LogP contribution >= 0.6 is 0 Å². The second-order valence-electron chi connectivity index (χ2n) is 6.09. The molecule has 1 aliphatic heterocycles. The summed E-state index contributed by atoms with van der Waals surface area (Å²) in [6.07, 6.45) is 0.411. The van der Waals surface area contributed by atoms with Gasteiger partial charge in [-0.05, 0) is 36.8 Å². The molecule has 0 spiro atoms. The van der Waals surface area contributed by atoms with Gasteiger partial charge < -0.3 is 4.90 Å². The highest BCUT2D eigenvalue weighted by molar-refractivity contribution is 7.89. The van der Waals surface area contributed by atoms with Crippen LogP contribution in [-0.2, 0) is 10.0 Å². The molecule has 0 atom stereocenters. The molecule has 0 amide bonds. The molecule has 7 nitrogen and oxygen atoms in total. The Bertz CT molecular complexity index is 951. The summed E-state index contributed by atoms with van der Waals surface area (Å²) < 4.78 is 53.4. The third-order valence-corrected chi connectivity index (χ3v) is 6.29. The van der Waals surface area contributed by atoms with Crippen LogP contribution in [0.15, 0.2) is 47.4 Å². The number of hydrogen-bond donors (Lipinski definition) is 0. The summed E-state index contributed by atoms with van der Waals surface area (Å²) in [6.45, 7) is 0.803. The van der Waals surface area contributed by atoms with E-state index < -0.39 is 26.6 Å². The van der Waals surface area contributed by atoms with Gasteiger partial charge in [-0.15, -0.1) is 0 Å². The molecule has 1 saturated heterocycles. The lowest BCUT2D eigenvalue weighted by molar-refractivity contribution is -0.384. The van der Waals surface area contributed by atoms with E-state index in [1.165, 1.54) is 16.4 Å². The number of hydrogen-bond acceptors (Lipinski definition) is 5. The first-order valence-corrected chi connectivity index (χ1v) is 9.67. The summed E-state index contributed by atoms with van der Waals surface area (Å²) in [5.74, 6) is -1.13. The minimum absolute atomic E-state index is 0.0194. The minimum Gasteiger partial charge on any atom is -0.365 e. The van der Waals surface area contributed by atoms with Gasteiger partial charge in [0.25, 0.3) is 5.69 Å². The van der Waals surface area contributed by atoms with Gasteiger partial charge >= 0.3 is 0 Å². The van der Waals surface area contributed by atoms with E-state index in [0.29, 0.717) is 13.0 Å². The predicted octanol–water partition coefficient (Wildman–Crippen LogP) is 2.77. The molecule has 2 aromatic carbocycles. The lowest BCUT2D eigenvalue weighted by Crippen LogP contribution is -2.35. The number of rotatable bonds is 4. The van der Waals surface area contributed by atoms with Crippen LogP contribution in [0.2, 0.25) is 0 Å². The molecule has 0 aliphatic carbocycles. The molecule has 27 heavy (non-hydrogen) atoms. The molecule has 2 aromatic rings. The van der Waals surface area contributed by atoms with Crippen LogP contribution in [0.5, 0.6) is 0 Å². The zero-order chi connectivity index (χ0) is 19.6. The smallest absolute Gasteiger partial charge is 0.292 e. The maximum Gasteiger partial charge on any atom is 0.292 e. The highest BCUT2D eigenvalue weighted by atomic mass is 32.2. The van der Waals surface area contributed by atoms with Gasteiger partial charge in [0.2, 0.25) is 10.0 Å². The van der Waals surface area contributed by atoms with Crippen LogP contribution < -0.4 is 4.90 Å². The van der Waals surface area contributed by atoms with Crippen molar-refractivity contribution < 1.29 is 22.1 Å². The van der Waals surface area contributed by atoms with Crippen molar-refractivity contribution in [2.45, 2.75) is 11.3 Å². The Labute approximate surface area is 155 Å². The SMILES string of the molecule is O=[N+]([O-])c1ccc(F)cc1N1CCCN(S(=O)(=O)c2ccc(F)cc2)CC1. The fourth-order valence-electron chi connectivity index (χ4n) is 3.03. The van der Waals surface area contributed by atoms with E-state index in [1.54, 1.807) is 4.90 Å². The Morgan fingerprint density at radius 2 is 1.59 bits per heavy atom. The van der Waals surface area contributed by atoms with E-state index in [0.717, 1.165) is 30.3 Å². The standard InChI is InChI=1S/C17H17F2N3O4S/c18-13-2-5-15(6-3-13)27(25,26)21-9-1-8-20(10-11-21)17-12-14(19)4-7-16(17)22(23)24/h2-7,12H,1,8-11H2. The fourth-order valence-corrected chi connectivity index (χ4v) is 4.50. The van der Waals surface area contributed by atoms with Crippen molar-refractivity contribution in [3.8, 4) is 0 Å². The largest absolute Gasteiger partial charge is 0.365 e. The normalized spacial score (nSPS) is 16.1. The van der Waals surface area contributed by atoms with Crippen LogP contribution in [0, 0.1) is 21.7 Å². The van der Waals surface area contributed by atoms with Crippen molar-refractivity contribution in [3.63, 3.8) is 0 Å². The van der Waals surface area contributed by atoms with E-state index in [2.05, 4.69) is 0 Å². The second kappa shape index (κ2) is 7.57. The molecule has 0 N–H and O–H groups in total. The third-order valence-electron chi connectivity index (χ3n) is 4.38. The Morgan fingerprint density at radius 1 is 0.926 bits per heavy atom. The molecule has 0 unspecified atom stereocenters. The van der Waals surface area contributed by atoms with Gasteiger partial charge in [-0.2, -0.15) is 4.31 Å². The summed E-state index contributed by atoms with van der Waals surface area (Å²) in [7, 11) is -3.81. The van der Waals surface area contributed by atoms with E-state index in [1.807, 2.05) is 0 Å². The molecule has 1 aliphatic rings. The molecule has 0 aromatic heterocycles. The lowest BCUT2D eigenvalue weighted by atomic mass is 10.2. The molecule has 0 saturated carbocycles. The molecule has 10 heteroatoms. The van der Waals surface area contributed by atoms with Crippen molar-refractivity contribution in [2.75, 3.05) is 31.1 Å². The monoisotopic (exact) mass is 397 g/mol. The second-order valence-corrected chi connectivity index (χ2v) is 8.03. The van der Waals surface area contributed by atoms with Crippen LogP contribution in [0.4, 0.5) is 20.2 Å². The molecular formula is C17H17F2N3O4S. The molecule has 3 rings (SSSR count). The first kappa shape index (κ1) is 19.2. The van der Waals surface area contributed by atoms with Crippen LogP contribution in [0.1, 0.15) is 6.42 Å². The third kappa shape index (κ3) is 4.06. The number of halogens is 2. The van der Waals surface area contributed by atoms with Crippen molar-refractivity contribution >= 4 is 21.4 Å². The topological polar surface area (TPSA) is 83.8 Å². The zero-order valence-electron chi connectivity index (χ0n) is 14.2. The van der Waals surface area contributed by atoms with Crippen molar-refractivity contribution in [3.05, 3.63) is 64.2 Å². The average molecular weight is 397 g/mol. The molecular weight excluding hydrogens is 380 g/mol. The van der Waals surface area contributed by atoms with Crippen LogP contribution in [0.3, 0.4) is 0 Å². The summed E-state index contributed by atoms with van der Waals surface area (Å²) >= 11 is 0. The van der Waals surface area contributed by atoms with Crippen molar-refractivity contribution in [1.29, 1.82) is 0 Å². The number of nitro benzene ring substituents is 1. The van der Waals surface area contributed by atoms with Crippen molar-refractivity contribution in [1.82, 2.24) is 4.31 Å². The number of benzene rings is 2. The summed E-state index contributed by atoms with van der Waals surface area (Å²) in [5, 5.41) is 11.2. The summed E-state index contributed by atoms with van der Waals surface area (Å²) in [5.41, 5.74) is -0.104. The molecule has 0 radical (unpaired) electrons. The molecule has 0 bridgehead atoms. The number of sulfonamides is 1. The van der Waals surface area contributed by atoms with Gasteiger partial charge in [-0.3, -0.25) is 10.1 Å². The van der Waals surface area contributed by atoms with E-state index in [-0.39, 0.29) is 35.9 Å². The molecule has 1 fully saturated rings. The minimum atomic E-state index is -3.81. The highest BCUT2D eigenvalue weighted by Crippen LogP contribution is 2.30. The number of nitro groups is 1. The van der Waals surface area contributed by atoms with E-state index in [9.17, 15) is 27.3 Å². The summed E-state index contributed by atoms with van der Waals surface area (Å²) in [6, 6.07) is 7.76. The van der Waals surface area contributed by atoms with Gasteiger partial charge in [0.05, 0.1) is 9.82 Å². The Hall–Kier alpha value is -2.59. The molecule has 144 valence electrons. The average Bonchev–Trinajstić information content (AvgIpc) is 2.88. The first-order valence-electron chi connectivity index (χ1n) is 8.23. The van der Waals surface area contributed by atoms with Crippen LogP contribution in [0.25, 0.3) is 0 Å². The summed E-state index contributed by atoms with van der Waals surface area (Å²) in [4.78, 5) is 12.2. The Morgan fingerprint density at radius 3 is 2.26 bits per heavy atom. The fraction of sp³-hybridized carbons (Fsp3) is 0.294. The maximum absolute atomic E-state index is 13.6.